The lowest BCUT2D eigenvalue weighted by molar-refractivity contribution is 0.0319. The Kier molecular flexibility index (Phi) is 5.16. The molecule has 1 unspecified atom stereocenters. The summed E-state index contributed by atoms with van der Waals surface area (Å²) in [6.45, 7) is 1.56. The molecule has 0 amide bonds. The van der Waals surface area contributed by atoms with E-state index in [1.165, 1.54) is 11.8 Å². The topological polar surface area (TPSA) is 59.2 Å². The van der Waals surface area contributed by atoms with Crippen molar-refractivity contribution in [2.45, 2.75) is 17.9 Å². The van der Waals surface area contributed by atoms with E-state index in [0.717, 1.165) is 15.8 Å². The van der Waals surface area contributed by atoms with Crippen LogP contribution in [0, 0.1) is 0 Å². The molecule has 0 bridgehead atoms. The predicted molar refractivity (Wildman–Crippen MR) is 101 cm³/mol. The summed E-state index contributed by atoms with van der Waals surface area (Å²) in [7, 11) is 0. The Balaban J connectivity index is 1.81. The standard InChI is InChI=1S/C19H16ClNO3S/c1-11(18(22)15-10-21-17-6-4-3-5-13(15)17)24-19(23)14-9-12(25-2)7-8-16(14)20/h3-11,21H,1-2H3. The number of carbonyl (C=O) groups excluding carboxylic acids is 2. The zero-order chi connectivity index (χ0) is 18.0. The van der Waals surface area contributed by atoms with Gasteiger partial charge in [0, 0.05) is 27.6 Å². The van der Waals surface area contributed by atoms with Crippen molar-refractivity contribution in [3.05, 3.63) is 64.8 Å². The number of aromatic nitrogens is 1. The molecule has 1 aromatic heterocycles. The van der Waals surface area contributed by atoms with Gasteiger partial charge in [-0.05, 0) is 37.4 Å². The van der Waals surface area contributed by atoms with Crippen LogP contribution in [0.2, 0.25) is 5.02 Å². The van der Waals surface area contributed by atoms with Gasteiger partial charge in [0.1, 0.15) is 0 Å². The number of halogens is 1. The number of hydrogen-bond acceptors (Lipinski definition) is 4. The molecule has 0 fully saturated rings. The molecule has 0 spiro atoms. The molecule has 0 saturated heterocycles. The van der Waals surface area contributed by atoms with Gasteiger partial charge >= 0.3 is 5.97 Å². The van der Waals surface area contributed by atoms with Gasteiger partial charge in [-0.2, -0.15) is 0 Å². The van der Waals surface area contributed by atoms with Crippen LogP contribution in [0.1, 0.15) is 27.6 Å². The van der Waals surface area contributed by atoms with Gasteiger partial charge in [0.2, 0.25) is 5.78 Å². The highest BCUT2D eigenvalue weighted by molar-refractivity contribution is 7.98. The van der Waals surface area contributed by atoms with Crippen LogP contribution >= 0.6 is 23.4 Å². The van der Waals surface area contributed by atoms with E-state index >= 15 is 0 Å². The summed E-state index contributed by atoms with van der Waals surface area (Å²) >= 11 is 7.58. The molecule has 0 aliphatic heterocycles. The Morgan fingerprint density at radius 2 is 1.92 bits per heavy atom. The van der Waals surface area contributed by atoms with Crippen molar-refractivity contribution >= 4 is 46.0 Å². The average molecular weight is 374 g/mol. The molecule has 25 heavy (non-hydrogen) atoms. The number of Topliss-reactive ketones (excluding diaryl/α,β-unsaturated/α-hetero) is 1. The molecule has 3 aromatic rings. The van der Waals surface area contributed by atoms with Crippen molar-refractivity contribution in [2.24, 2.45) is 0 Å². The number of aromatic amines is 1. The summed E-state index contributed by atoms with van der Waals surface area (Å²) in [4.78, 5) is 29.0. The zero-order valence-electron chi connectivity index (χ0n) is 13.7. The second-order valence-electron chi connectivity index (χ2n) is 5.51. The Morgan fingerprint density at radius 3 is 2.68 bits per heavy atom. The summed E-state index contributed by atoms with van der Waals surface area (Å²) < 4.78 is 5.36. The maximum absolute atomic E-state index is 12.7. The molecule has 3 rings (SSSR count). The molecule has 4 nitrogen and oxygen atoms in total. The van der Waals surface area contributed by atoms with Gasteiger partial charge in [-0.1, -0.05) is 29.8 Å². The van der Waals surface area contributed by atoms with E-state index < -0.39 is 12.1 Å². The van der Waals surface area contributed by atoms with Crippen molar-refractivity contribution in [3.8, 4) is 0 Å². The maximum Gasteiger partial charge on any atom is 0.340 e. The second-order valence-corrected chi connectivity index (χ2v) is 6.79. The lowest BCUT2D eigenvalue weighted by atomic mass is 10.1. The first-order valence-electron chi connectivity index (χ1n) is 7.66. The van der Waals surface area contributed by atoms with E-state index in [1.54, 1.807) is 25.3 Å². The highest BCUT2D eigenvalue weighted by Crippen LogP contribution is 2.25. The number of ketones is 1. The molecule has 6 heteroatoms. The Morgan fingerprint density at radius 1 is 1.16 bits per heavy atom. The lowest BCUT2D eigenvalue weighted by Gasteiger charge is -2.13. The van der Waals surface area contributed by atoms with E-state index in [4.69, 9.17) is 16.3 Å². The molecular weight excluding hydrogens is 358 g/mol. The number of para-hydroxylation sites is 1. The van der Waals surface area contributed by atoms with Crippen molar-refractivity contribution in [1.29, 1.82) is 0 Å². The molecule has 0 aliphatic rings. The predicted octanol–water partition coefficient (Wildman–Crippen LogP) is 4.97. The third-order valence-corrected chi connectivity index (χ3v) is 4.96. The first-order chi connectivity index (χ1) is 12.0. The van der Waals surface area contributed by atoms with Gasteiger partial charge in [0.15, 0.2) is 6.10 Å². The fraction of sp³-hybridized carbons (Fsp3) is 0.158. The van der Waals surface area contributed by atoms with E-state index in [0.29, 0.717) is 10.6 Å². The van der Waals surface area contributed by atoms with E-state index in [9.17, 15) is 9.59 Å². The van der Waals surface area contributed by atoms with Crippen molar-refractivity contribution in [1.82, 2.24) is 4.98 Å². The zero-order valence-corrected chi connectivity index (χ0v) is 15.3. The van der Waals surface area contributed by atoms with Gasteiger partial charge in [0.05, 0.1) is 10.6 Å². The fourth-order valence-electron chi connectivity index (χ4n) is 2.56. The molecule has 0 saturated carbocycles. The monoisotopic (exact) mass is 373 g/mol. The van der Waals surface area contributed by atoms with Crippen molar-refractivity contribution < 1.29 is 14.3 Å². The number of H-pyrrole nitrogens is 1. The number of benzene rings is 2. The third kappa shape index (κ3) is 3.57. The van der Waals surface area contributed by atoms with Crippen LogP contribution in [0.3, 0.4) is 0 Å². The Hall–Kier alpha value is -2.24. The van der Waals surface area contributed by atoms with Crippen molar-refractivity contribution in [3.63, 3.8) is 0 Å². The highest BCUT2D eigenvalue weighted by atomic mass is 35.5. The van der Waals surface area contributed by atoms with Gasteiger partial charge in [-0.25, -0.2) is 4.79 Å². The molecule has 1 heterocycles. The Labute approximate surface area is 154 Å². The second kappa shape index (κ2) is 7.33. The first-order valence-corrected chi connectivity index (χ1v) is 9.26. The van der Waals surface area contributed by atoms with Crippen LogP contribution in [0.4, 0.5) is 0 Å². The van der Waals surface area contributed by atoms with Crippen LogP contribution in [0.25, 0.3) is 10.9 Å². The number of rotatable bonds is 5. The SMILES string of the molecule is CSc1ccc(Cl)c(C(=O)OC(C)C(=O)c2c[nH]c3ccccc23)c1. The number of fused-ring (bicyclic) bond motifs is 1. The normalized spacial score (nSPS) is 12.1. The minimum atomic E-state index is -0.916. The average Bonchev–Trinajstić information content (AvgIpc) is 3.05. The molecule has 0 aliphatic carbocycles. The quantitative estimate of drug-likeness (QED) is 0.389. The molecule has 2 aromatic carbocycles. The largest absolute Gasteiger partial charge is 0.451 e. The number of hydrogen-bond donors (Lipinski definition) is 1. The molecule has 1 N–H and O–H groups in total. The molecule has 1 atom stereocenters. The number of esters is 1. The summed E-state index contributed by atoms with van der Waals surface area (Å²) in [5.41, 5.74) is 1.62. The number of carbonyl (C=O) groups is 2. The van der Waals surface area contributed by atoms with E-state index in [2.05, 4.69) is 4.98 Å². The van der Waals surface area contributed by atoms with Crippen LogP contribution < -0.4 is 0 Å². The number of nitrogens with one attached hydrogen (secondary N) is 1. The number of thioether (sulfide) groups is 1. The van der Waals surface area contributed by atoms with Crippen LogP contribution in [0.5, 0.6) is 0 Å². The third-order valence-electron chi connectivity index (χ3n) is 3.90. The minimum Gasteiger partial charge on any atom is -0.451 e. The summed E-state index contributed by atoms with van der Waals surface area (Å²) in [6.07, 6.45) is 2.63. The lowest BCUT2D eigenvalue weighted by Crippen LogP contribution is -2.24. The van der Waals surface area contributed by atoms with Gasteiger partial charge < -0.3 is 9.72 Å². The summed E-state index contributed by atoms with van der Waals surface area (Å²) in [5, 5.41) is 1.10. The van der Waals surface area contributed by atoms with E-state index in [-0.39, 0.29) is 11.3 Å². The smallest absolute Gasteiger partial charge is 0.340 e. The van der Waals surface area contributed by atoms with E-state index in [1.807, 2.05) is 36.6 Å². The molecule has 128 valence electrons. The van der Waals surface area contributed by atoms with Crippen LogP contribution in [-0.2, 0) is 4.74 Å². The minimum absolute atomic E-state index is 0.257. The van der Waals surface area contributed by atoms with Gasteiger partial charge in [-0.3, -0.25) is 4.79 Å². The van der Waals surface area contributed by atoms with Gasteiger partial charge in [0.25, 0.3) is 0 Å². The van der Waals surface area contributed by atoms with Crippen LogP contribution in [-0.4, -0.2) is 29.1 Å². The fourth-order valence-corrected chi connectivity index (χ4v) is 3.19. The first kappa shape index (κ1) is 17.6. The summed E-state index contributed by atoms with van der Waals surface area (Å²) in [6, 6.07) is 12.6. The Bertz CT molecular complexity index is 951. The molecular formula is C19H16ClNO3S. The maximum atomic E-state index is 12.7. The van der Waals surface area contributed by atoms with Gasteiger partial charge in [-0.15, -0.1) is 11.8 Å². The summed E-state index contributed by atoms with van der Waals surface area (Å²) in [5.74, 6) is -0.871. The number of ether oxygens (including phenoxy) is 1. The van der Waals surface area contributed by atoms with Crippen LogP contribution in [0.15, 0.2) is 53.6 Å². The molecule has 0 radical (unpaired) electrons. The van der Waals surface area contributed by atoms with Crippen molar-refractivity contribution in [2.75, 3.05) is 6.26 Å². The highest BCUT2D eigenvalue weighted by Gasteiger charge is 2.24.